The van der Waals surface area contributed by atoms with Gasteiger partial charge in [0.25, 0.3) is 11.8 Å². The molecule has 2 amide bonds. The van der Waals surface area contributed by atoms with E-state index >= 15 is 0 Å². The highest BCUT2D eigenvalue weighted by Gasteiger charge is 2.54. The van der Waals surface area contributed by atoms with Crippen molar-refractivity contribution in [3.05, 3.63) is 46.7 Å². The first-order chi connectivity index (χ1) is 21.1. The van der Waals surface area contributed by atoms with Crippen LogP contribution < -0.4 is 0 Å². The molecule has 5 nitrogen and oxygen atoms in total. The van der Waals surface area contributed by atoms with Crippen molar-refractivity contribution >= 4 is 17.8 Å². The highest BCUT2D eigenvalue weighted by atomic mass is 16.4. The lowest BCUT2D eigenvalue weighted by molar-refractivity contribution is -0.137. The molecule has 5 heteroatoms. The number of allylic oxidation sites excluding steroid dienone is 4. The number of fused-ring (bicyclic) bond motifs is 2. The van der Waals surface area contributed by atoms with Gasteiger partial charge in [-0.3, -0.25) is 19.3 Å². The minimum atomic E-state index is -0.921. The Morgan fingerprint density at radius 2 is 1.38 bits per heavy atom. The molecule has 0 aromatic heterocycles. The van der Waals surface area contributed by atoms with Crippen LogP contribution in [0.15, 0.2) is 46.7 Å². The Labute approximate surface area is 272 Å². The minimum Gasteiger partial charge on any atom is -0.481 e. The van der Waals surface area contributed by atoms with Crippen molar-refractivity contribution in [1.29, 1.82) is 0 Å². The summed E-state index contributed by atoms with van der Waals surface area (Å²) in [5.74, 6) is 0.677. The lowest BCUT2D eigenvalue weighted by atomic mass is 9.47. The molecule has 1 N–H and O–H groups in total. The number of rotatable bonds is 9. The second-order valence-electron chi connectivity index (χ2n) is 16.8. The third-order valence-electron chi connectivity index (χ3n) is 14.8. The molecule has 1 aliphatic heterocycles. The number of aliphatic carboxylic acids is 1. The SMILES string of the molecule is CC1=CCCC2[C@@]1(C)CC[C@@H](C)[C@]2(C)CCC1=CC(=O)N(/C=C(\CC[C@]2(C)C3CCC=C(C)[C@]3(C)CC[C@H]2C)CC(=O)O)C1=O. The molecule has 45 heavy (non-hydrogen) atoms. The summed E-state index contributed by atoms with van der Waals surface area (Å²) in [6.07, 6.45) is 20.0. The number of carboxylic acid groups (broad SMARTS) is 1. The highest BCUT2D eigenvalue weighted by Crippen LogP contribution is 2.63. The van der Waals surface area contributed by atoms with Crippen molar-refractivity contribution in [2.75, 3.05) is 0 Å². The van der Waals surface area contributed by atoms with Gasteiger partial charge < -0.3 is 5.11 Å². The third-order valence-corrected chi connectivity index (χ3v) is 14.8. The van der Waals surface area contributed by atoms with E-state index in [4.69, 9.17) is 0 Å². The first-order valence-electron chi connectivity index (χ1n) is 17.9. The average Bonchev–Trinajstić information content (AvgIpc) is 3.25. The molecule has 4 aliphatic carbocycles. The quantitative estimate of drug-likeness (QED) is 0.206. The summed E-state index contributed by atoms with van der Waals surface area (Å²) >= 11 is 0. The molecule has 0 radical (unpaired) electrons. The minimum absolute atomic E-state index is 0.0653. The van der Waals surface area contributed by atoms with E-state index in [1.807, 2.05) is 0 Å². The van der Waals surface area contributed by atoms with Crippen molar-refractivity contribution in [3.63, 3.8) is 0 Å². The summed E-state index contributed by atoms with van der Waals surface area (Å²) in [4.78, 5) is 40.1. The number of hydrogen-bond acceptors (Lipinski definition) is 3. The van der Waals surface area contributed by atoms with Crippen molar-refractivity contribution in [3.8, 4) is 0 Å². The van der Waals surface area contributed by atoms with Crippen LogP contribution in [0.1, 0.15) is 139 Å². The Morgan fingerprint density at radius 3 is 1.89 bits per heavy atom. The number of carbonyl (C=O) groups excluding carboxylic acids is 2. The standard InChI is InChI=1S/C40H59NO4/c1-26-11-9-13-32-37(26,5)19-15-28(3)39(32,7)21-17-30(23-35(43)44)25-41-34(42)24-31(36(41)45)18-22-40(8)29(4)16-20-38(6)27(2)12-10-14-33(38)40/h11-12,24-25,28-29,32-33H,9-10,13-23H2,1-8H3,(H,43,44)/b30-25+/t28-,29-,32?,33?,37+,38+,39+,40+/m1/s1. The van der Waals surface area contributed by atoms with Gasteiger partial charge in [0, 0.05) is 17.8 Å². The summed E-state index contributed by atoms with van der Waals surface area (Å²) in [5.41, 5.74) is 4.81. The van der Waals surface area contributed by atoms with Crippen LogP contribution in [-0.4, -0.2) is 27.8 Å². The van der Waals surface area contributed by atoms with Crippen molar-refractivity contribution in [1.82, 2.24) is 4.90 Å². The van der Waals surface area contributed by atoms with Crippen LogP contribution in [0.2, 0.25) is 0 Å². The molecular weight excluding hydrogens is 558 g/mol. The van der Waals surface area contributed by atoms with Crippen LogP contribution in [0.4, 0.5) is 0 Å². The molecule has 248 valence electrons. The maximum absolute atomic E-state index is 13.7. The van der Waals surface area contributed by atoms with Crippen LogP contribution in [0.5, 0.6) is 0 Å². The predicted octanol–water partition coefficient (Wildman–Crippen LogP) is 9.80. The molecule has 1 heterocycles. The summed E-state index contributed by atoms with van der Waals surface area (Å²) in [5, 5.41) is 9.82. The Morgan fingerprint density at radius 1 is 0.867 bits per heavy atom. The molecule has 2 unspecified atom stereocenters. The number of carboxylic acids is 1. The monoisotopic (exact) mass is 617 g/mol. The largest absolute Gasteiger partial charge is 0.481 e. The van der Waals surface area contributed by atoms with E-state index < -0.39 is 5.97 Å². The van der Waals surface area contributed by atoms with Crippen LogP contribution in [0.3, 0.4) is 0 Å². The van der Waals surface area contributed by atoms with Crippen LogP contribution in [0.25, 0.3) is 0 Å². The third kappa shape index (κ3) is 5.84. The molecule has 0 bridgehead atoms. The summed E-state index contributed by atoms with van der Waals surface area (Å²) < 4.78 is 0. The van der Waals surface area contributed by atoms with E-state index in [-0.39, 0.29) is 39.9 Å². The van der Waals surface area contributed by atoms with Gasteiger partial charge in [0.15, 0.2) is 0 Å². The van der Waals surface area contributed by atoms with Crippen LogP contribution in [-0.2, 0) is 14.4 Å². The smallest absolute Gasteiger partial charge is 0.307 e. The lowest BCUT2D eigenvalue weighted by Crippen LogP contribution is -2.49. The topological polar surface area (TPSA) is 74.7 Å². The Hall–Kier alpha value is -2.43. The van der Waals surface area contributed by atoms with Gasteiger partial charge >= 0.3 is 5.97 Å². The molecule has 0 saturated heterocycles. The zero-order valence-corrected chi connectivity index (χ0v) is 29.4. The molecule has 0 aromatic rings. The second kappa shape index (κ2) is 12.3. The Balaban J connectivity index is 1.31. The predicted molar refractivity (Wildman–Crippen MR) is 181 cm³/mol. The number of hydrogen-bond donors (Lipinski definition) is 1. The van der Waals surface area contributed by atoms with Gasteiger partial charge in [-0.25, -0.2) is 0 Å². The second-order valence-corrected chi connectivity index (χ2v) is 16.8. The fourth-order valence-corrected chi connectivity index (χ4v) is 10.9. The number of amides is 2. The maximum atomic E-state index is 13.7. The maximum Gasteiger partial charge on any atom is 0.307 e. The average molecular weight is 618 g/mol. The molecule has 5 aliphatic rings. The van der Waals surface area contributed by atoms with Gasteiger partial charge in [-0.2, -0.15) is 0 Å². The fraction of sp³-hybridized carbons (Fsp3) is 0.725. The van der Waals surface area contributed by atoms with Gasteiger partial charge in [0.2, 0.25) is 0 Å². The Bertz CT molecular complexity index is 1350. The molecule has 0 aromatic carbocycles. The normalized spacial score (nSPS) is 40.4. The van der Waals surface area contributed by atoms with Crippen molar-refractivity contribution < 1.29 is 19.5 Å². The van der Waals surface area contributed by atoms with Gasteiger partial charge in [0.1, 0.15) is 0 Å². The van der Waals surface area contributed by atoms with E-state index in [0.29, 0.717) is 47.7 Å². The van der Waals surface area contributed by atoms with Gasteiger partial charge in [-0.05, 0) is 142 Å². The molecule has 5 rings (SSSR count). The number of imide groups is 1. The first kappa shape index (κ1) is 33.9. The molecule has 2 fully saturated rings. The Kier molecular flexibility index (Phi) is 9.27. The number of nitrogens with zero attached hydrogens (tertiary/aromatic N) is 1. The van der Waals surface area contributed by atoms with E-state index in [2.05, 4.69) is 67.5 Å². The summed E-state index contributed by atoms with van der Waals surface area (Å²) in [6.45, 7) is 19.0. The number of carbonyl (C=O) groups is 3. The van der Waals surface area contributed by atoms with E-state index in [9.17, 15) is 19.5 Å². The van der Waals surface area contributed by atoms with Crippen molar-refractivity contribution in [2.45, 2.75) is 139 Å². The highest BCUT2D eigenvalue weighted by molar-refractivity contribution is 6.17. The van der Waals surface area contributed by atoms with Crippen LogP contribution >= 0.6 is 0 Å². The first-order valence-corrected chi connectivity index (χ1v) is 17.9. The van der Waals surface area contributed by atoms with E-state index in [1.165, 1.54) is 47.8 Å². The van der Waals surface area contributed by atoms with Gasteiger partial charge in [-0.15, -0.1) is 0 Å². The van der Waals surface area contributed by atoms with Gasteiger partial charge in [-0.1, -0.05) is 64.8 Å². The van der Waals surface area contributed by atoms with E-state index in [0.717, 1.165) is 38.5 Å². The van der Waals surface area contributed by atoms with Crippen LogP contribution in [0, 0.1) is 45.3 Å². The molecule has 8 atom stereocenters. The zero-order chi connectivity index (χ0) is 32.9. The van der Waals surface area contributed by atoms with E-state index in [1.54, 1.807) is 6.20 Å². The van der Waals surface area contributed by atoms with Crippen molar-refractivity contribution in [2.24, 2.45) is 45.3 Å². The fourth-order valence-electron chi connectivity index (χ4n) is 10.9. The zero-order valence-electron chi connectivity index (χ0n) is 29.4. The molecule has 0 spiro atoms. The van der Waals surface area contributed by atoms with Gasteiger partial charge in [0.05, 0.1) is 6.42 Å². The molecular formula is C40H59NO4. The lowest BCUT2D eigenvalue weighted by Gasteiger charge is -2.58. The molecule has 2 saturated carbocycles. The summed E-state index contributed by atoms with van der Waals surface area (Å²) in [6, 6.07) is 0. The summed E-state index contributed by atoms with van der Waals surface area (Å²) in [7, 11) is 0.